The fraction of sp³-hybridized carbons (Fsp3) is 0.976. The van der Waals surface area contributed by atoms with Crippen molar-refractivity contribution in [3.8, 4) is 0 Å². The van der Waals surface area contributed by atoms with Gasteiger partial charge in [0.2, 0.25) is 5.91 Å². The maximum Gasteiger partial charge on any atom is 0.219 e. The minimum atomic E-state index is -0.738. The number of aliphatic hydroxyl groups excluding tert-OH is 2. The number of nitrogens with one attached hydrogen (secondary N) is 1. The molecule has 4 nitrogen and oxygen atoms in total. The minimum absolute atomic E-state index is 0.0838. The number of aliphatic hydroxyl groups is 2. The van der Waals surface area contributed by atoms with E-state index in [1.165, 1.54) is 186 Å². The SMILES string of the molecule is CCCCCCCCCCCCCCCCCCCCCCCC(=O)NCCC(O)C(O)CCCCCCCCCCCCCC. The molecule has 46 heavy (non-hydrogen) atoms. The van der Waals surface area contributed by atoms with E-state index in [1.807, 2.05) is 0 Å². The van der Waals surface area contributed by atoms with Crippen LogP contribution in [-0.2, 0) is 4.79 Å². The molecular formula is C42H85NO3. The number of carbonyl (C=O) groups is 1. The Hall–Kier alpha value is -0.610. The summed E-state index contributed by atoms with van der Waals surface area (Å²) >= 11 is 0. The molecule has 0 aliphatic heterocycles. The lowest BCUT2D eigenvalue weighted by atomic mass is 10.0. The summed E-state index contributed by atoms with van der Waals surface area (Å²) in [6.45, 7) is 5.01. The lowest BCUT2D eigenvalue weighted by molar-refractivity contribution is -0.121. The Morgan fingerprint density at radius 2 is 0.652 bits per heavy atom. The molecule has 3 N–H and O–H groups in total. The molecule has 0 heterocycles. The molecular weight excluding hydrogens is 566 g/mol. The van der Waals surface area contributed by atoms with Crippen molar-refractivity contribution in [2.24, 2.45) is 0 Å². The highest BCUT2D eigenvalue weighted by atomic mass is 16.3. The predicted octanol–water partition coefficient (Wildman–Crippen LogP) is 12.9. The van der Waals surface area contributed by atoms with Crippen LogP contribution in [-0.4, -0.2) is 34.9 Å². The first-order valence-corrected chi connectivity index (χ1v) is 21.2. The zero-order valence-corrected chi connectivity index (χ0v) is 31.6. The van der Waals surface area contributed by atoms with Gasteiger partial charge in [0.05, 0.1) is 12.2 Å². The Labute approximate surface area is 289 Å². The summed E-state index contributed by atoms with van der Waals surface area (Å²) in [5, 5.41) is 23.5. The maximum atomic E-state index is 12.1. The molecule has 2 atom stereocenters. The van der Waals surface area contributed by atoms with Crippen LogP contribution in [0.3, 0.4) is 0 Å². The van der Waals surface area contributed by atoms with Crippen LogP contribution in [0.1, 0.15) is 245 Å². The second-order valence-corrected chi connectivity index (χ2v) is 14.8. The van der Waals surface area contributed by atoms with Crippen LogP contribution >= 0.6 is 0 Å². The van der Waals surface area contributed by atoms with Crippen molar-refractivity contribution in [1.29, 1.82) is 0 Å². The minimum Gasteiger partial charge on any atom is -0.390 e. The summed E-state index contributed by atoms with van der Waals surface area (Å²) in [7, 11) is 0. The van der Waals surface area contributed by atoms with Crippen molar-refractivity contribution < 1.29 is 15.0 Å². The normalized spacial score (nSPS) is 12.9. The zero-order chi connectivity index (χ0) is 33.6. The molecule has 0 fully saturated rings. The molecule has 0 radical (unpaired) electrons. The Kier molecular flexibility index (Phi) is 38.3. The number of amides is 1. The molecule has 0 aromatic rings. The van der Waals surface area contributed by atoms with E-state index in [0.29, 0.717) is 25.8 Å². The molecule has 0 spiro atoms. The average Bonchev–Trinajstić information content (AvgIpc) is 3.05. The summed E-state index contributed by atoms with van der Waals surface area (Å²) < 4.78 is 0. The van der Waals surface area contributed by atoms with Gasteiger partial charge in [0.15, 0.2) is 0 Å². The van der Waals surface area contributed by atoms with Crippen molar-refractivity contribution >= 4 is 5.91 Å². The molecule has 4 heteroatoms. The summed E-state index contributed by atoms with van der Waals surface area (Å²) in [5.74, 6) is 0.0838. The monoisotopic (exact) mass is 652 g/mol. The Bertz CT molecular complexity index is 583. The van der Waals surface area contributed by atoms with E-state index < -0.39 is 12.2 Å². The van der Waals surface area contributed by atoms with Gasteiger partial charge in [-0.1, -0.05) is 219 Å². The summed E-state index contributed by atoms with van der Waals surface area (Å²) in [6.07, 6.45) is 44.6. The Morgan fingerprint density at radius 3 is 0.978 bits per heavy atom. The van der Waals surface area contributed by atoms with Crippen LogP contribution in [0.5, 0.6) is 0 Å². The quantitative estimate of drug-likeness (QED) is 0.0579. The number of rotatable bonds is 39. The summed E-state index contributed by atoms with van der Waals surface area (Å²) in [4.78, 5) is 12.1. The molecule has 0 saturated heterocycles. The third-order valence-electron chi connectivity index (χ3n) is 10.1. The second-order valence-electron chi connectivity index (χ2n) is 14.8. The predicted molar refractivity (Wildman–Crippen MR) is 203 cm³/mol. The lowest BCUT2D eigenvalue weighted by Crippen LogP contribution is -2.32. The third-order valence-corrected chi connectivity index (χ3v) is 10.1. The van der Waals surface area contributed by atoms with Crippen LogP contribution in [0, 0.1) is 0 Å². The van der Waals surface area contributed by atoms with E-state index in [-0.39, 0.29) is 5.91 Å². The van der Waals surface area contributed by atoms with Gasteiger partial charge < -0.3 is 15.5 Å². The number of hydrogen-bond donors (Lipinski definition) is 3. The van der Waals surface area contributed by atoms with E-state index in [0.717, 1.165) is 25.7 Å². The second kappa shape index (κ2) is 38.8. The van der Waals surface area contributed by atoms with E-state index in [4.69, 9.17) is 0 Å². The maximum absolute atomic E-state index is 12.1. The van der Waals surface area contributed by atoms with Gasteiger partial charge in [-0.2, -0.15) is 0 Å². The van der Waals surface area contributed by atoms with Gasteiger partial charge >= 0.3 is 0 Å². The van der Waals surface area contributed by atoms with Gasteiger partial charge in [0, 0.05) is 13.0 Å². The Morgan fingerprint density at radius 1 is 0.391 bits per heavy atom. The standard InChI is InChI=1S/C42H85NO3/c1-3-5-7-9-11-13-15-17-18-19-20-21-22-23-24-25-27-29-31-33-35-37-42(46)43-39-38-41(45)40(44)36-34-32-30-28-26-16-14-12-10-8-6-4-2/h40-41,44-45H,3-39H2,1-2H3,(H,43,46). The Balaban J connectivity index is 3.34. The van der Waals surface area contributed by atoms with Gasteiger partial charge in [0.25, 0.3) is 0 Å². The fourth-order valence-corrected chi connectivity index (χ4v) is 6.74. The van der Waals surface area contributed by atoms with E-state index in [2.05, 4.69) is 19.2 Å². The highest BCUT2D eigenvalue weighted by molar-refractivity contribution is 5.75. The zero-order valence-electron chi connectivity index (χ0n) is 31.6. The average molecular weight is 652 g/mol. The van der Waals surface area contributed by atoms with Crippen LogP contribution in [0.15, 0.2) is 0 Å². The van der Waals surface area contributed by atoms with Gasteiger partial charge in [-0.05, 0) is 19.3 Å². The molecule has 0 aliphatic rings. The summed E-state index contributed by atoms with van der Waals surface area (Å²) in [5.41, 5.74) is 0. The first kappa shape index (κ1) is 45.4. The van der Waals surface area contributed by atoms with E-state index in [9.17, 15) is 15.0 Å². The molecule has 0 aliphatic carbocycles. The third kappa shape index (κ3) is 36.2. The van der Waals surface area contributed by atoms with Gasteiger partial charge in [-0.15, -0.1) is 0 Å². The number of unbranched alkanes of at least 4 members (excludes halogenated alkanes) is 31. The molecule has 0 aromatic heterocycles. The van der Waals surface area contributed by atoms with Crippen molar-refractivity contribution in [3.63, 3.8) is 0 Å². The van der Waals surface area contributed by atoms with Gasteiger partial charge in [-0.25, -0.2) is 0 Å². The van der Waals surface area contributed by atoms with Crippen LogP contribution < -0.4 is 5.32 Å². The molecule has 0 rings (SSSR count). The van der Waals surface area contributed by atoms with E-state index >= 15 is 0 Å². The van der Waals surface area contributed by atoms with Gasteiger partial charge in [0.1, 0.15) is 0 Å². The molecule has 276 valence electrons. The largest absolute Gasteiger partial charge is 0.390 e. The number of hydrogen-bond acceptors (Lipinski definition) is 3. The summed E-state index contributed by atoms with van der Waals surface area (Å²) in [6, 6.07) is 0. The smallest absolute Gasteiger partial charge is 0.219 e. The van der Waals surface area contributed by atoms with Gasteiger partial charge in [-0.3, -0.25) is 4.79 Å². The highest BCUT2D eigenvalue weighted by Crippen LogP contribution is 2.16. The van der Waals surface area contributed by atoms with Crippen LogP contribution in [0.4, 0.5) is 0 Å². The first-order chi connectivity index (χ1) is 22.6. The van der Waals surface area contributed by atoms with Crippen molar-refractivity contribution in [3.05, 3.63) is 0 Å². The van der Waals surface area contributed by atoms with E-state index in [1.54, 1.807) is 0 Å². The molecule has 1 amide bonds. The molecule has 0 bridgehead atoms. The lowest BCUT2D eigenvalue weighted by Gasteiger charge is -2.18. The van der Waals surface area contributed by atoms with Crippen molar-refractivity contribution in [2.45, 2.75) is 257 Å². The highest BCUT2D eigenvalue weighted by Gasteiger charge is 2.15. The molecule has 2 unspecified atom stereocenters. The first-order valence-electron chi connectivity index (χ1n) is 21.2. The van der Waals surface area contributed by atoms with Crippen molar-refractivity contribution in [1.82, 2.24) is 5.32 Å². The number of carbonyl (C=O) groups excluding carboxylic acids is 1. The van der Waals surface area contributed by atoms with Crippen molar-refractivity contribution in [2.75, 3.05) is 6.54 Å². The molecule has 0 saturated carbocycles. The van der Waals surface area contributed by atoms with Crippen LogP contribution in [0.2, 0.25) is 0 Å². The topological polar surface area (TPSA) is 69.6 Å². The fourth-order valence-electron chi connectivity index (χ4n) is 6.74. The molecule has 0 aromatic carbocycles. The van der Waals surface area contributed by atoms with Crippen LogP contribution in [0.25, 0.3) is 0 Å².